The van der Waals surface area contributed by atoms with Crippen molar-refractivity contribution in [1.29, 1.82) is 0 Å². The van der Waals surface area contributed by atoms with Gasteiger partial charge in [0.15, 0.2) is 0 Å². The zero-order valence-electron chi connectivity index (χ0n) is 12.0. The van der Waals surface area contributed by atoms with Crippen molar-refractivity contribution in [2.45, 2.75) is 52.0 Å². The van der Waals surface area contributed by atoms with E-state index >= 15 is 0 Å². The summed E-state index contributed by atoms with van der Waals surface area (Å²) in [6, 6.07) is 8.75. The van der Waals surface area contributed by atoms with Gasteiger partial charge in [-0.15, -0.1) is 0 Å². The molecule has 0 aromatic heterocycles. The predicted molar refractivity (Wildman–Crippen MR) is 78.2 cm³/mol. The Balaban J connectivity index is 2.53. The summed E-state index contributed by atoms with van der Waals surface area (Å²) < 4.78 is 5.93. The summed E-state index contributed by atoms with van der Waals surface area (Å²) in [5.74, 6) is 1.04. The smallest absolute Gasteiger partial charge is 0.124 e. The average Bonchev–Trinajstić information content (AvgIpc) is 2.41. The van der Waals surface area contributed by atoms with Gasteiger partial charge in [0.1, 0.15) is 5.75 Å². The van der Waals surface area contributed by atoms with Crippen molar-refractivity contribution in [3.8, 4) is 5.75 Å². The van der Waals surface area contributed by atoms with E-state index in [4.69, 9.17) is 4.74 Å². The molecule has 1 aromatic rings. The number of hydrogen-bond donors (Lipinski definition) is 1. The zero-order valence-corrected chi connectivity index (χ0v) is 12.0. The van der Waals surface area contributed by atoms with Crippen LogP contribution >= 0.6 is 0 Å². The van der Waals surface area contributed by atoms with Gasteiger partial charge in [-0.3, -0.25) is 0 Å². The Morgan fingerprint density at radius 3 is 2.56 bits per heavy atom. The molecule has 102 valence electrons. The van der Waals surface area contributed by atoms with Crippen LogP contribution in [0.1, 0.15) is 57.6 Å². The fourth-order valence-corrected chi connectivity index (χ4v) is 2.19. The highest BCUT2D eigenvalue weighted by atomic mass is 16.5. The maximum Gasteiger partial charge on any atom is 0.124 e. The minimum absolute atomic E-state index is 0.386. The number of rotatable bonds is 9. The van der Waals surface area contributed by atoms with Gasteiger partial charge in [-0.05, 0) is 26.0 Å². The topological polar surface area (TPSA) is 21.3 Å². The van der Waals surface area contributed by atoms with Crippen LogP contribution in [-0.4, -0.2) is 13.7 Å². The molecule has 0 heterocycles. The standard InChI is InChI=1S/C16H27NO/c1-4-6-7-10-13-18-16-12-9-8-11-14(16)15(5-2)17-3/h8-9,11-12,15,17H,4-7,10,13H2,1-3H3. The van der Waals surface area contributed by atoms with Crippen molar-refractivity contribution in [1.82, 2.24) is 5.32 Å². The van der Waals surface area contributed by atoms with Crippen LogP contribution in [0.25, 0.3) is 0 Å². The van der Waals surface area contributed by atoms with E-state index in [1.807, 2.05) is 13.1 Å². The molecule has 0 spiro atoms. The quantitative estimate of drug-likeness (QED) is 0.658. The summed E-state index contributed by atoms with van der Waals surface area (Å²) in [6.45, 7) is 5.26. The second-order valence-electron chi connectivity index (χ2n) is 4.70. The molecule has 0 saturated carbocycles. The van der Waals surface area contributed by atoms with Gasteiger partial charge in [0.05, 0.1) is 6.61 Å². The normalized spacial score (nSPS) is 12.4. The largest absolute Gasteiger partial charge is 0.493 e. The van der Waals surface area contributed by atoms with Gasteiger partial charge < -0.3 is 10.1 Å². The highest BCUT2D eigenvalue weighted by molar-refractivity contribution is 5.35. The van der Waals surface area contributed by atoms with Crippen molar-refractivity contribution < 1.29 is 4.74 Å². The molecule has 1 unspecified atom stereocenters. The van der Waals surface area contributed by atoms with Crippen LogP contribution in [0.3, 0.4) is 0 Å². The molecule has 0 radical (unpaired) electrons. The van der Waals surface area contributed by atoms with E-state index in [-0.39, 0.29) is 0 Å². The third kappa shape index (κ3) is 4.69. The molecule has 1 rings (SSSR count). The molecule has 2 nitrogen and oxygen atoms in total. The lowest BCUT2D eigenvalue weighted by atomic mass is 10.0. The Morgan fingerprint density at radius 1 is 1.11 bits per heavy atom. The minimum Gasteiger partial charge on any atom is -0.493 e. The van der Waals surface area contributed by atoms with Gasteiger partial charge in [0.25, 0.3) is 0 Å². The van der Waals surface area contributed by atoms with Gasteiger partial charge in [-0.1, -0.05) is 51.3 Å². The molecule has 0 amide bonds. The van der Waals surface area contributed by atoms with Crippen LogP contribution in [0.5, 0.6) is 5.75 Å². The van der Waals surface area contributed by atoms with Crippen molar-refractivity contribution >= 4 is 0 Å². The van der Waals surface area contributed by atoms with E-state index in [0.29, 0.717) is 6.04 Å². The number of nitrogens with one attached hydrogen (secondary N) is 1. The highest BCUT2D eigenvalue weighted by Crippen LogP contribution is 2.26. The second kappa shape index (κ2) is 8.98. The molecule has 0 aliphatic rings. The van der Waals surface area contributed by atoms with Crippen molar-refractivity contribution in [3.05, 3.63) is 29.8 Å². The molecular weight excluding hydrogens is 222 g/mol. The first-order chi connectivity index (χ1) is 8.83. The molecular formula is C16H27NO. The maximum absolute atomic E-state index is 5.93. The Labute approximate surface area is 112 Å². The van der Waals surface area contributed by atoms with Gasteiger partial charge in [-0.25, -0.2) is 0 Å². The summed E-state index contributed by atoms with van der Waals surface area (Å²) in [7, 11) is 2.01. The van der Waals surface area contributed by atoms with Crippen LogP contribution in [0.2, 0.25) is 0 Å². The van der Waals surface area contributed by atoms with E-state index in [0.717, 1.165) is 25.2 Å². The van der Waals surface area contributed by atoms with Gasteiger partial charge in [0.2, 0.25) is 0 Å². The number of unbranched alkanes of at least 4 members (excludes halogenated alkanes) is 3. The molecule has 1 aromatic carbocycles. The Hall–Kier alpha value is -1.02. The molecule has 1 atom stereocenters. The predicted octanol–water partition coefficient (Wildman–Crippen LogP) is 4.32. The monoisotopic (exact) mass is 249 g/mol. The molecule has 2 heteroatoms. The van der Waals surface area contributed by atoms with E-state index in [1.165, 1.54) is 24.8 Å². The first-order valence-electron chi connectivity index (χ1n) is 7.22. The minimum atomic E-state index is 0.386. The fraction of sp³-hybridized carbons (Fsp3) is 0.625. The Morgan fingerprint density at radius 2 is 1.89 bits per heavy atom. The van der Waals surface area contributed by atoms with Crippen molar-refractivity contribution in [2.75, 3.05) is 13.7 Å². The lowest BCUT2D eigenvalue weighted by Gasteiger charge is -2.18. The molecule has 0 aliphatic heterocycles. The van der Waals surface area contributed by atoms with Crippen LogP contribution in [0.15, 0.2) is 24.3 Å². The molecule has 18 heavy (non-hydrogen) atoms. The van der Waals surface area contributed by atoms with Gasteiger partial charge in [-0.2, -0.15) is 0 Å². The Kier molecular flexibility index (Phi) is 7.51. The highest BCUT2D eigenvalue weighted by Gasteiger charge is 2.11. The summed E-state index contributed by atoms with van der Waals surface area (Å²) in [5, 5.41) is 3.34. The van der Waals surface area contributed by atoms with Crippen molar-refractivity contribution in [2.24, 2.45) is 0 Å². The van der Waals surface area contributed by atoms with E-state index in [9.17, 15) is 0 Å². The first kappa shape index (κ1) is 15.0. The SMILES string of the molecule is CCCCCCOc1ccccc1C(CC)NC. The van der Waals surface area contributed by atoms with Crippen LogP contribution in [0, 0.1) is 0 Å². The van der Waals surface area contributed by atoms with Gasteiger partial charge in [0, 0.05) is 11.6 Å². The van der Waals surface area contributed by atoms with Crippen LogP contribution in [0.4, 0.5) is 0 Å². The summed E-state index contributed by atoms with van der Waals surface area (Å²) in [4.78, 5) is 0. The maximum atomic E-state index is 5.93. The molecule has 0 aliphatic carbocycles. The van der Waals surface area contributed by atoms with E-state index in [2.05, 4.69) is 37.4 Å². The number of benzene rings is 1. The third-order valence-corrected chi connectivity index (χ3v) is 3.31. The molecule has 1 N–H and O–H groups in total. The van der Waals surface area contributed by atoms with E-state index in [1.54, 1.807) is 0 Å². The average molecular weight is 249 g/mol. The summed E-state index contributed by atoms with van der Waals surface area (Å²) in [5.41, 5.74) is 1.28. The van der Waals surface area contributed by atoms with Crippen LogP contribution < -0.4 is 10.1 Å². The first-order valence-corrected chi connectivity index (χ1v) is 7.22. The summed E-state index contributed by atoms with van der Waals surface area (Å²) >= 11 is 0. The number of para-hydroxylation sites is 1. The molecule has 0 saturated heterocycles. The van der Waals surface area contributed by atoms with E-state index < -0.39 is 0 Å². The van der Waals surface area contributed by atoms with Crippen molar-refractivity contribution in [3.63, 3.8) is 0 Å². The third-order valence-electron chi connectivity index (χ3n) is 3.31. The number of hydrogen-bond acceptors (Lipinski definition) is 2. The zero-order chi connectivity index (χ0) is 13.2. The molecule has 0 fully saturated rings. The second-order valence-corrected chi connectivity index (χ2v) is 4.70. The lowest BCUT2D eigenvalue weighted by molar-refractivity contribution is 0.298. The molecule has 0 bridgehead atoms. The Bertz CT molecular complexity index is 321. The van der Waals surface area contributed by atoms with Crippen LogP contribution in [-0.2, 0) is 0 Å². The lowest BCUT2D eigenvalue weighted by Crippen LogP contribution is -2.16. The fourth-order valence-electron chi connectivity index (χ4n) is 2.19. The summed E-state index contributed by atoms with van der Waals surface area (Å²) in [6.07, 6.45) is 6.07. The number of ether oxygens (including phenoxy) is 1. The van der Waals surface area contributed by atoms with Gasteiger partial charge >= 0.3 is 0 Å².